The fourth-order valence-electron chi connectivity index (χ4n) is 3.45. The molecule has 2 aromatic carbocycles. The first kappa shape index (κ1) is 24.8. The number of para-hydroxylation sites is 1. The standard InChI is InChI=1S/C19H25Cl.C8H9NO2/c20-19-15-13-18(14-16-19)10-7-5-3-1-2-4-6-9-17-11-8-12-17;1-11-8(10)6-4-2-3-5-7(6)9/h13-17H,1-6,8-9,11-12H2;2-5H,9H2,1H3. The SMILES string of the molecule is COC(=O)c1ccccc1N.Clc1ccc(C#CCCCCCCCC2CCC2)cc1. The van der Waals surface area contributed by atoms with Gasteiger partial charge < -0.3 is 10.5 Å². The molecule has 166 valence electrons. The van der Waals surface area contributed by atoms with E-state index in [1.165, 1.54) is 64.9 Å². The molecule has 1 saturated carbocycles. The molecule has 0 atom stereocenters. The van der Waals surface area contributed by atoms with Crippen LogP contribution < -0.4 is 5.73 Å². The monoisotopic (exact) mass is 439 g/mol. The first-order valence-electron chi connectivity index (χ1n) is 11.3. The van der Waals surface area contributed by atoms with E-state index >= 15 is 0 Å². The van der Waals surface area contributed by atoms with Crippen LogP contribution in [0.4, 0.5) is 5.69 Å². The topological polar surface area (TPSA) is 52.3 Å². The number of methoxy groups -OCH3 is 1. The molecule has 1 aliphatic rings. The number of anilines is 1. The fourth-order valence-corrected chi connectivity index (χ4v) is 3.57. The molecule has 0 aromatic heterocycles. The van der Waals surface area contributed by atoms with Crippen LogP contribution >= 0.6 is 11.6 Å². The Balaban J connectivity index is 0.000000262. The zero-order valence-corrected chi connectivity index (χ0v) is 19.3. The Morgan fingerprint density at radius 2 is 1.71 bits per heavy atom. The summed E-state index contributed by atoms with van der Waals surface area (Å²) in [6.45, 7) is 0. The predicted octanol–water partition coefficient (Wildman–Crippen LogP) is 7.28. The summed E-state index contributed by atoms with van der Waals surface area (Å²) in [5.41, 5.74) is 7.42. The van der Waals surface area contributed by atoms with Gasteiger partial charge in [0.1, 0.15) is 0 Å². The number of unbranched alkanes of at least 4 members (excludes halogenated alkanes) is 5. The minimum atomic E-state index is -0.400. The first-order valence-corrected chi connectivity index (χ1v) is 11.6. The van der Waals surface area contributed by atoms with E-state index in [0.717, 1.165) is 22.9 Å². The van der Waals surface area contributed by atoms with Gasteiger partial charge in [0.25, 0.3) is 0 Å². The van der Waals surface area contributed by atoms with Crippen LogP contribution in [0.3, 0.4) is 0 Å². The summed E-state index contributed by atoms with van der Waals surface area (Å²) in [6, 6.07) is 14.5. The second-order valence-corrected chi connectivity index (χ2v) is 8.43. The van der Waals surface area contributed by atoms with Crippen molar-refractivity contribution in [2.75, 3.05) is 12.8 Å². The van der Waals surface area contributed by atoms with Crippen LogP contribution in [0.25, 0.3) is 0 Å². The molecule has 1 fully saturated rings. The molecule has 1 aliphatic carbocycles. The van der Waals surface area contributed by atoms with Crippen LogP contribution in [0, 0.1) is 17.8 Å². The Bertz CT molecular complexity index is 848. The molecule has 4 heteroatoms. The van der Waals surface area contributed by atoms with Crippen LogP contribution in [0.2, 0.25) is 5.02 Å². The van der Waals surface area contributed by atoms with Crippen molar-refractivity contribution in [1.82, 2.24) is 0 Å². The highest BCUT2D eigenvalue weighted by molar-refractivity contribution is 6.30. The number of ether oxygens (including phenoxy) is 1. The van der Waals surface area contributed by atoms with Gasteiger partial charge >= 0.3 is 5.97 Å². The lowest BCUT2D eigenvalue weighted by Gasteiger charge is -2.24. The summed E-state index contributed by atoms with van der Waals surface area (Å²) < 4.78 is 4.50. The Morgan fingerprint density at radius 3 is 2.35 bits per heavy atom. The normalized spacial score (nSPS) is 12.6. The van der Waals surface area contributed by atoms with Gasteiger partial charge in [-0.05, 0) is 48.7 Å². The summed E-state index contributed by atoms with van der Waals surface area (Å²) in [6.07, 6.45) is 13.8. The van der Waals surface area contributed by atoms with Gasteiger partial charge in [0.05, 0.1) is 12.7 Å². The van der Waals surface area contributed by atoms with E-state index in [1.807, 2.05) is 24.3 Å². The maximum atomic E-state index is 10.9. The Kier molecular flexibility index (Phi) is 11.6. The summed E-state index contributed by atoms with van der Waals surface area (Å²) >= 11 is 5.84. The average molecular weight is 440 g/mol. The smallest absolute Gasteiger partial charge is 0.339 e. The van der Waals surface area contributed by atoms with Gasteiger partial charge in [0.15, 0.2) is 0 Å². The van der Waals surface area contributed by atoms with Crippen molar-refractivity contribution >= 4 is 23.3 Å². The molecule has 3 rings (SSSR count). The van der Waals surface area contributed by atoms with Crippen LogP contribution in [0.1, 0.15) is 80.1 Å². The molecule has 0 radical (unpaired) electrons. The number of carbonyl (C=O) groups is 1. The first-order chi connectivity index (χ1) is 15.1. The third-order valence-electron chi connectivity index (χ3n) is 5.58. The van der Waals surface area contributed by atoms with E-state index in [1.54, 1.807) is 24.3 Å². The number of rotatable bonds is 8. The van der Waals surface area contributed by atoms with E-state index in [-0.39, 0.29) is 0 Å². The average Bonchev–Trinajstić information content (AvgIpc) is 2.75. The minimum Gasteiger partial charge on any atom is -0.465 e. The van der Waals surface area contributed by atoms with Crippen molar-refractivity contribution in [3.05, 3.63) is 64.7 Å². The van der Waals surface area contributed by atoms with Crippen molar-refractivity contribution < 1.29 is 9.53 Å². The molecular weight excluding hydrogens is 406 g/mol. The Morgan fingerprint density at radius 1 is 1.03 bits per heavy atom. The van der Waals surface area contributed by atoms with E-state index in [4.69, 9.17) is 17.3 Å². The van der Waals surface area contributed by atoms with Gasteiger partial charge in [-0.2, -0.15) is 0 Å². The lowest BCUT2D eigenvalue weighted by Crippen LogP contribution is -2.10. The quantitative estimate of drug-likeness (QED) is 0.203. The van der Waals surface area contributed by atoms with Gasteiger partial charge in [-0.15, -0.1) is 0 Å². The van der Waals surface area contributed by atoms with Gasteiger partial charge in [-0.25, -0.2) is 4.79 Å². The molecule has 0 spiro atoms. The van der Waals surface area contributed by atoms with Gasteiger partial charge in [-0.1, -0.05) is 86.9 Å². The number of nitrogen functional groups attached to an aromatic ring is 1. The molecule has 2 aromatic rings. The van der Waals surface area contributed by atoms with Crippen molar-refractivity contribution in [2.24, 2.45) is 5.92 Å². The molecule has 0 unspecified atom stereocenters. The fraction of sp³-hybridized carbons (Fsp3) is 0.444. The van der Waals surface area contributed by atoms with Crippen LogP contribution in [0.15, 0.2) is 48.5 Å². The lowest BCUT2D eigenvalue weighted by molar-refractivity contribution is 0.0602. The van der Waals surface area contributed by atoms with E-state index in [2.05, 4.69) is 16.6 Å². The van der Waals surface area contributed by atoms with Crippen molar-refractivity contribution in [1.29, 1.82) is 0 Å². The lowest BCUT2D eigenvalue weighted by atomic mass is 9.81. The van der Waals surface area contributed by atoms with E-state index in [9.17, 15) is 4.79 Å². The molecule has 0 bridgehead atoms. The van der Waals surface area contributed by atoms with Gasteiger partial charge in [0, 0.05) is 22.7 Å². The molecule has 3 nitrogen and oxygen atoms in total. The second kappa shape index (κ2) is 14.5. The van der Waals surface area contributed by atoms with E-state index < -0.39 is 5.97 Å². The highest BCUT2D eigenvalue weighted by atomic mass is 35.5. The molecule has 2 N–H and O–H groups in total. The largest absolute Gasteiger partial charge is 0.465 e. The highest BCUT2D eigenvalue weighted by Gasteiger charge is 2.15. The van der Waals surface area contributed by atoms with Gasteiger partial charge in [-0.3, -0.25) is 0 Å². The molecule has 0 saturated heterocycles. The second-order valence-electron chi connectivity index (χ2n) is 7.99. The molecule has 0 heterocycles. The molecule has 0 amide bonds. The van der Waals surface area contributed by atoms with Crippen LogP contribution in [-0.2, 0) is 4.74 Å². The number of carbonyl (C=O) groups excluding carboxylic acids is 1. The molecule has 0 aliphatic heterocycles. The third-order valence-corrected chi connectivity index (χ3v) is 5.83. The summed E-state index contributed by atoms with van der Waals surface area (Å²) in [4.78, 5) is 10.9. The van der Waals surface area contributed by atoms with E-state index in [0.29, 0.717) is 11.3 Å². The maximum absolute atomic E-state index is 10.9. The van der Waals surface area contributed by atoms with Crippen LogP contribution in [0.5, 0.6) is 0 Å². The van der Waals surface area contributed by atoms with Crippen LogP contribution in [-0.4, -0.2) is 13.1 Å². The summed E-state index contributed by atoms with van der Waals surface area (Å²) in [5, 5.41) is 0.775. The number of esters is 1. The van der Waals surface area contributed by atoms with Crippen molar-refractivity contribution in [3.8, 4) is 11.8 Å². The van der Waals surface area contributed by atoms with Crippen molar-refractivity contribution in [2.45, 2.75) is 64.2 Å². The number of hydrogen-bond donors (Lipinski definition) is 1. The maximum Gasteiger partial charge on any atom is 0.339 e. The van der Waals surface area contributed by atoms with Gasteiger partial charge in [0.2, 0.25) is 0 Å². The third kappa shape index (κ3) is 9.94. The highest BCUT2D eigenvalue weighted by Crippen LogP contribution is 2.31. The number of benzene rings is 2. The zero-order chi connectivity index (χ0) is 22.3. The summed E-state index contributed by atoms with van der Waals surface area (Å²) in [7, 11) is 1.33. The summed E-state index contributed by atoms with van der Waals surface area (Å²) in [5.74, 6) is 7.13. The minimum absolute atomic E-state index is 0.400. The molecule has 31 heavy (non-hydrogen) atoms. The Labute approximate surface area is 192 Å². The van der Waals surface area contributed by atoms with Crippen molar-refractivity contribution in [3.63, 3.8) is 0 Å². The number of halogens is 1. The zero-order valence-electron chi connectivity index (χ0n) is 18.5. The number of hydrogen-bond acceptors (Lipinski definition) is 3. The predicted molar refractivity (Wildman–Crippen MR) is 130 cm³/mol. The Hall–Kier alpha value is -2.44. The number of nitrogens with two attached hydrogens (primary N) is 1. The molecular formula is C27H34ClNO2.